The first kappa shape index (κ1) is 16.7. The van der Waals surface area contributed by atoms with Gasteiger partial charge in [0.15, 0.2) is 0 Å². The molecule has 1 aromatic carbocycles. The maximum absolute atomic E-state index is 11.8. The fraction of sp³-hybridized carbons (Fsp3) is 0.500. The van der Waals surface area contributed by atoms with E-state index in [9.17, 15) is 9.00 Å². The fourth-order valence-corrected chi connectivity index (χ4v) is 2.64. The number of methoxy groups -OCH3 is 1. The molecule has 0 aliphatic heterocycles. The Morgan fingerprint density at radius 3 is 2.90 bits per heavy atom. The van der Waals surface area contributed by atoms with Gasteiger partial charge in [0.2, 0.25) is 0 Å². The van der Waals surface area contributed by atoms with Gasteiger partial charge in [0, 0.05) is 41.6 Å². The summed E-state index contributed by atoms with van der Waals surface area (Å²) in [6, 6.07) is 7.19. The second kappa shape index (κ2) is 9.50. The number of nitrogens with one attached hydrogen (secondary N) is 2. The van der Waals surface area contributed by atoms with E-state index >= 15 is 0 Å². The molecule has 0 heterocycles. The predicted octanol–water partition coefficient (Wildman–Crippen LogP) is 2.11. The molecule has 0 bridgehead atoms. The highest BCUT2D eigenvalue weighted by Gasteiger charge is 2.04. The molecule has 1 rings (SSSR count). The average molecular weight is 298 g/mol. The van der Waals surface area contributed by atoms with Crippen molar-refractivity contribution in [2.75, 3.05) is 31.3 Å². The van der Waals surface area contributed by atoms with E-state index in [-0.39, 0.29) is 6.03 Å². The first-order valence-electron chi connectivity index (χ1n) is 6.63. The van der Waals surface area contributed by atoms with Crippen LogP contribution in [0.1, 0.15) is 18.9 Å². The minimum atomic E-state index is -0.950. The summed E-state index contributed by atoms with van der Waals surface area (Å²) in [6.45, 7) is 3.13. The molecule has 0 radical (unpaired) electrons. The highest BCUT2D eigenvalue weighted by molar-refractivity contribution is 7.84. The normalized spacial score (nSPS) is 11.9. The van der Waals surface area contributed by atoms with Gasteiger partial charge in [-0.1, -0.05) is 19.1 Å². The van der Waals surface area contributed by atoms with Crippen molar-refractivity contribution in [2.24, 2.45) is 0 Å². The zero-order chi connectivity index (χ0) is 14.8. The number of amides is 2. The summed E-state index contributed by atoms with van der Waals surface area (Å²) in [7, 11) is 0.644. The van der Waals surface area contributed by atoms with E-state index in [1.807, 2.05) is 31.2 Å². The zero-order valence-corrected chi connectivity index (χ0v) is 12.8. The first-order valence-corrected chi connectivity index (χ1v) is 8.12. The van der Waals surface area contributed by atoms with Crippen molar-refractivity contribution >= 4 is 22.5 Å². The fourth-order valence-electron chi connectivity index (χ4n) is 1.59. The molecule has 0 aliphatic carbocycles. The molecule has 2 N–H and O–H groups in total. The zero-order valence-electron chi connectivity index (χ0n) is 12.0. The van der Waals surface area contributed by atoms with E-state index in [4.69, 9.17) is 4.74 Å². The summed E-state index contributed by atoms with van der Waals surface area (Å²) in [5.41, 5.74) is 1.65. The highest BCUT2D eigenvalue weighted by Crippen LogP contribution is 2.12. The SMILES string of the molecule is CCCNC(=O)Nc1cccc(C[S@@](=O)CCOC)c1. The van der Waals surface area contributed by atoms with Crippen molar-refractivity contribution in [3.05, 3.63) is 29.8 Å². The predicted molar refractivity (Wildman–Crippen MR) is 82.3 cm³/mol. The van der Waals surface area contributed by atoms with E-state index in [1.54, 1.807) is 7.11 Å². The Morgan fingerprint density at radius 1 is 1.40 bits per heavy atom. The lowest BCUT2D eigenvalue weighted by Crippen LogP contribution is -2.29. The molecule has 5 nitrogen and oxygen atoms in total. The molecule has 2 amide bonds. The molecule has 1 atom stereocenters. The van der Waals surface area contributed by atoms with Crippen molar-refractivity contribution in [2.45, 2.75) is 19.1 Å². The van der Waals surface area contributed by atoms with Gasteiger partial charge in [0.05, 0.1) is 6.61 Å². The maximum Gasteiger partial charge on any atom is 0.319 e. The molecule has 0 saturated heterocycles. The lowest BCUT2D eigenvalue weighted by molar-refractivity contribution is 0.218. The van der Waals surface area contributed by atoms with Crippen molar-refractivity contribution in [3.63, 3.8) is 0 Å². The van der Waals surface area contributed by atoms with E-state index in [2.05, 4.69) is 10.6 Å². The molecular weight excluding hydrogens is 276 g/mol. The molecule has 6 heteroatoms. The Labute approximate surface area is 122 Å². The molecule has 0 unspecified atom stereocenters. The number of ether oxygens (including phenoxy) is 1. The van der Waals surface area contributed by atoms with Crippen LogP contribution >= 0.6 is 0 Å². The largest absolute Gasteiger partial charge is 0.384 e. The number of carbonyl (C=O) groups excluding carboxylic acids is 1. The van der Waals surface area contributed by atoms with Gasteiger partial charge in [0.1, 0.15) is 0 Å². The molecular formula is C14H22N2O3S. The standard InChI is InChI=1S/C14H22N2O3S/c1-3-7-15-14(17)16-13-6-4-5-12(10-13)11-20(18)9-8-19-2/h4-6,10H,3,7-9,11H2,1-2H3,(H2,15,16,17)/t20-/m0/s1. The van der Waals surface area contributed by atoms with Crippen LogP contribution in [0, 0.1) is 0 Å². The lowest BCUT2D eigenvalue weighted by Gasteiger charge is -2.08. The number of carbonyl (C=O) groups is 1. The lowest BCUT2D eigenvalue weighted by atomic mass is 10.2. The molecule has 0 aliphatic rings. The number of urea groups is 1. The summed E-state index contributed by atoms with van der Waals surface area (Å²) in [4.78, 5) is 11.5. The Balaban J connectivity index is 2.52. The molecule has 20 heavy (non-hydrogen) atoms. The van der Waals surface area contributed by atoms with Crippen molar-refractivity contribution < 1.29 is 13.7 Å². The first-order chi connectivity index (χ1) is 9.65. The summed E-state index contributed by atoms with van der Waals surface area (Å²) in [6.07, 6.45) is 0.895. The minimum Gasteiger partial charge on any atom is -0.384 e. The third-order valence-electron chi connectivity index (χ3n) is 2.56. The number of hydrogen-bond donors (Lipinski definition) is 2. The van der Waals surface area contributed by atoms with Crippen LogP contribution in [0.3, 0.4) is 0 Å². The molecule has 0 spiro atoms. The van der Waals surface area contributed by atoms with Gasteiger partial charge < -0.3 is 15.4 Å². The Kier molecular flexibility index (Phi) is 7.91. The van der Waals surface area contributed by atoms with Crippen LogP contribution in [-0.4, -0.2) is 36.3 Å². The third kappa shape index (κ3) is 6.68. The van der Waals surface area contributed by atoms with Crippen LogP contribution in [0.2, 0.25) is 0 Å². The summed E-state index contributed by atoms with van der Waals surface area (Å²) in [5, 5.41) is 5.50. The van der Waals surface area contributed by atoms with Gasteiger partial charge in [-0.25, -0.2) is 4.79 Å². The summed E-state index contributed by atoms with van der Waals surface area (Å²) in [5.74, 6) is 0.987. The second-order valence-corrected chi connectivity index (χ2v) is 5.94. The van der Waals surface area contributed by atoms with Crippen molar-refractivity contribution in [1.29, 1.82) is 0 Å². The monoisotopic (exact) mass is 298 g/mol. The Hall–Kier alpha value is -1.40. The molecule has 1 aromatic rings. The van der Waals surface area contributed by atoms with Gasteiger partial charge in [0.25, 0.3) is 0 Å². The van der Waals surface area contributed by atoms with Crippen LogP contribution in [0.5, 0.6) is 0 Å². The van der Waals surface area contributed by atoms with Crippen molar-refractivity contribution in [1.82, 2.24) is 5.32 Å². The topological polar surface area (TPSA) is 67.4 Å². The summed E-state index contributed by atoms with van der Waals surface area (Å²) >= 11 is 0. The number of rotatable bonds is 8. The molecule has 0 fully saturated rings. The van der Waals surface area contributed by atoms with Crippen LogP contribution < -0.4 is 10.6 Å². The molecule has 0 aromatic heterocycles. The minimum absolute atomic E-state index is 0.218. The Bertz CT molecular complexity index is 415. The molecule has 0 saturated carbocycles. The second-order valence-electron chi connectivity index (χ2n) is 4.36. The molecule has 112 valence electrons. The van der Waals surface area contributed by atoms with E-state index in [0.717, 1.165) is 12.0 Å². The van der Waals surface area contributed by atoms with Gasteiger partial charge in [-0.15, -0.1) is 0 Å². The van der Waals surface area contributed by atoms with Gasteiger partial charge in [-0.2, -0.15) is 0 Å². The number of hydrogen-bond acceptors (Lipinski definition) is 3. The summed E-state index contributed by atoms with van der Waals surface area (Å²) < 4.78 is 16.7. The van der Waals surface area contributed by atoms with Crippen LogP contribution in [-0.2, 0) is 21.3 Å². The number of anilines is 1. The number of benzene rings is 1. The van der Waals surface area contributed by atoms with Crippen LogP contribution in [0.25, 0.3) is 0 Å². The van der Waals surface area contributed by atoms with Crippen LogP contribution in [0.15, 0.2) is 24.3 Å². The third-order valence-corrected chi connectivity index (χ3v) is 3.84. The van der Waals surface area contributed by atoms with E-state index < -0.39 is 10.8 Å². The smallest absolute Gasteiger partial charge is 0.319 e. The van der Waals surface area contributed by atoms with Gasteiger partial charge >= 0.3 is 6.03 Å². The Morgan fingerprint density at radius 2 is 2.20 bits per heavy atom. The van der Waals surface area contributed by atoms with Crippen molar-refractivity contribution in [3.8, 4) is 0 Å². The quantitative estimate of drug-likeness (QED) is 0.772. The average Bonchev–Trinajstić information content (AvgIpc) is 2.43. The van der Waals surface area contributed by atoms with Crippen LogP contribution in [0.4, 0.5) is 10.5 Å². The van der Waals surface area contributed by atoms with Gasteiger partial charge in [-0.3, -0.25) is 4.21 Å². The highest BCUT2D eigenvalue weighted by atomic mass is 32.2. The van der Waals surface area contributed by atoms with E-state index in [1.165, 1.54) is 0 Å². The van der Waals surface area contributed by atoms with Gasteiger partial charge in [-0.05, 0) is 24.1 Å². The maximum atomic E-state index is 11.8. The van der Waals surface area contributed by atoms with E-state index in [0.29, 0.717) is 30.3 Å².